The molecule has 0 atom stereocenters. The SMILES string of the molecule is Cc1ccc(/C=C/Cc2cccc(C(=O)O)c2)cc1. The fourth-order valence-corrected chi connectivity index (χ4v) is 1.84. The molecule has 0 unspecified atom stereocenters. The number of carboxylic acid groups (broad SMARTS) is 1. The maximum Gasteiger partial charge on any atom is 0.335 e. The van der Waals surface area contributed by atoms with E-state index in [-0.39, 0.29) is 0 Å². The van der Waals surface area contributed by atoms with Gasteiger partial charge in [0.2, 0.25) is 0 Å². The lowest BCUT2D eigenvalue weighted by atomic mass is 10.1. The van der Waals surface area contributed by atoms with Gasteiger partial charge >= 0.3 is 5.97 Å². The van der Waals surface area contributed by atoms with Crippen LogP contribution in [-0.2, 0) is 6.42 Å². The minimum atomic E-state index is -0.885. The molecule has 0 saturated carbocycles. The number of aromatic carboxylic acids is 1. The summed E-state index contributed by atoms with van der Waals surface area (Å²) in [6.45, 7) is 2.06. The third-order valence-electron chi connectivity index (χ3n) is 2.92. The van der Waals surface area contributed by atoms with E-state index in [1.54, 1.807) is 18.2 Å². The molecule has 0 spiro atoms. The quantitative estimate of drug-likeness (QED) is 0.894. The first-order valence-electron chi connectivity index (χ1n) is 6.20. The van der Waals surface area contributed by atoms with E-state index in [0.29, 0.717) is 5.56 Å². The molecule has 0 heterocycles. The Kier molecular flexibility index (Phi) is 4.14. The van der Waals surface area contributed by atoms with Crippen molar-refractivity contribution in [1.82, 2.24) is 0 Å². The lowest BCUT2D eigenvalue weighted by Gasteiger charge is -1.99. The molecule has 0 amide bonds. The van der Waals surface area contributed by atoms with Gasteiger partial charge in [0, 0.05) is 0 Å². The van der Waals surface area contributed by atoms with Crippen molar-refractivity contribution in [2.45, 2.75) is 13.3 Å². The summed E-state index contributed by atoms with van der Waals surface area (Å²) in [5.41, 5.74) is 3.73. The van der Waals surface area contributed by atoms with Crippen LogP contribution in [0, 0.1) is 6.92 Å². The van der Waals surface area contributed by atoms with Gasteiger partial charge in [0.25, 0.3) is 0 Å². The van der Waals surface area contributed by atoms with E-state index in [0.717, 1.165) is 17.5 Å². The summed E-state index contributed by atoms with van der Waals surface area (Å²) in [4.78, 5) is 10.9. The molecular formula is C17H16O2. The van der Waals surface area contributed by atoms with Crippen molar-refractivity contribution in [2.75, 3.05) is 0 Å². The lowest BCUT2D eigenvalue weighted by Crippen LogP contribution is -1.96. The first-order chi connectivity index (χ1) is 9.15. The second kappa shape index (κ2) is 6.01. The van der Waals surface area contributed by atoms with Crippen molar-refractivity contribution >= 4 is 12.0 Å². The second-order valence-electron chi connectivity index (χ2n) is 4.52. The van der Waals surface area contributed by atoms with E-state index in [1.165, 1.54) is 5.56 Å². The van der Waals surface area contributed by atoms with Gasteiger partial charge in [-0.15, -0.1) is 0 Å². The monoisotopic (exact) mass is 252 g/mol. The fraction of sp³-hybridized carbons (Fsp3) is 0.118. The predicted molar refractivity (Wildman–Crippen MR) is 77.3 cm³/mol. The molecule has 0 aliphatic rings. The smallest absolute Gasteiger partial charge is 0.335 e. The molecule has 1 N–H and O–H groups in total. The Morgan fingerprint density at radius 3 is 2.58 bits per heavy atom. The summed E-state index contributed by atoms with van der Waals surface area (Å²) in [6, 6.07) is 15.3. The molecule has 0 radical (unpaired) electrons. The molecule has 2 rings (SSSR count). The summed E-state index contributed by atoms with van der Waals surface area (Å²) >= 11 is 0. The highest BCUT2D eigenvalue weighted by Gasteiger charge is 2.01. The summed E-state index contributed by atoms with van der Waals surface area (Å²) in [7, 11) is 0. The Morgan fingerprint density at radius 2 is 1.89 bits per heavy atom. The third kappa shape index (κ3) is 3.81. The Hall–Kier alpha value is -2.35. The lowest BCUT2D eigenvalue weighted by molar-refractivity contribution is 0.0697. The molecule has 19 heavy (non-hydrogen) atoms. The molecule has 0 fully saturated rings. The molecule has 0 aliphatic heterocycles. The largest absolute Gasteiger partial charge is 0.478 e. The van der Waals surface area contributed by atoms with Gasteiger partial charge < -0.3 is 5.11 Å². The van der Waals surface area contributed by atoms with Gasteiger partial charge in [-0.25, -0.2) is 4.79 Å². The topological polar surface area (TPSA) is 37.3 Å². The molecule has 0 saturated heterocycles. The van der Waals surface area contributed by atoms with Gasteiger partial charge in [0.1, 0.15) is 0 Å². The van der Waals surface area contributed by atoms with Crippen LogP contribution in [0.2, 0.25) is 0 Å². The van der Waals surface area contributed by atoms with Crippen molar-refractivity contribution in [3.8, 4) is 0 Å². The van der Waals surface area contributed by atoms with E-state index < -0.39 is 5.97 Å². The van der Waals surface area contributed by atoms with Gasteiger partial charge in [0.15, 0.2) is 0 Å². The van der Waals surface area contributed by atoms with Crippen LogP contribution in [0.3, 0.4) is 0 Å². The second-order valence-corrected chi connectivity index (χ2v) is 4.52. The Bertz CT molecular complexity index is 595. The normalized spacial score (nSPS) is 10.8. The number of allylic oxidation sites excluding steroid dienone is 1. The van der Waals surface area contributed by atoms with E-state index in [4.69, 9.17) is 5.11 Å². The molecule has 2 aromatic rings. The number of benzene rings is 2. The zero-order valence-corrected chi connectivity index (χ0v) is 10.8. The van der Waals surface area contributed by atoms with E-state index >= 15 is 0 Å². The van der Waals surface area contributed by atoms with Crippen LogP contribution in [0.1, 0.15) is 27.0 Å². The Labute approximate surface area is 113 Å². The van der Waals surface area contributed by atoms with Gasteiger partial charge in [-0.2, -0.15) is 0 Å². The third-order valence-corrected chi connectivity index (χ3v) is 2.92. The highest BCUT2D eigenvalue weighted by Crippen LogP contribution is 2.09. The molecule has 96 valence electrons. The fourth-order valence-electron chi connectivity index (χ4n) is 1.84. The number of carboxylic acids is 1. The maximum absolute atomic E-state index is 10.9. The molecular weight excluding hydrogens is 236 g/mol. The van der Waals surface area contributed by atoms with Crippen molar-refractivity contribution in [1.29, 1.82) is 0 Å². The van der Waals surface area contributed by atoms with Gasteiger partial charge in [-0.3, -0.25) is 0 Å². The first kappa shape index (κ1) is 13.1. The van der Waals surface area contributed by atoms with Crippen molar-refractivity contribution in [3.63, 3.8) is 0 Å². The Morgan fingerprint density at radius 1 is 1.16 bits per heavy atom. The molecule has 0 bridgehead atoms. The number of hydrogen-bond donors (Lipinski definition) is 1. The standard InChI is InChI=1S/C17H16O2/c1-13-8-10-14(11-9-13)4-2-5-15-6-3-7-16(12-15)17(18)19/h2-4,6-12H,5H2,1H3,(H,18,19)/b4-2+. The van der Waals surface area contributed by atoms with Crippen LogP contribution in [0.4, 0.5) is 0 Å². The molecule has 2 heteroatoms. The average Bonchev–Trinajstić information content (AvgIpc) is 2.41. The van der Waals surface area contributed by atoms with Gasteiger partial charge in [-0.1, -0.05) is 54.1 Å². The van der Waals surface area contributed by atoms with E-state index in [2.05, 4.69) is 31.2 Å². The van der Waals surface area contributed by atoms with Crippen LogP contribution in [0.25, 0.3) is 6.08 Å². The number of aryl methyl sites for hydroxylation is 1. The maximum atomic E-state index is 10.9. The molecule has 2 nitrogen and oxygen atoms in total. The Balaban J connectivity index is 2.04. The minimum Gasteiger partial charge on any atom is -0.478 e. The zero-order valence-electron chi connectivity index (χ0n) is 10.8. The minimum absolute atomic E-state index is 0.334. The summed E-state index contributed by atoms with van der Waals surface area (Å²) in [5, 5.41) is 8.92. The number of rotatable bonds is 4. The number of hydrogen-bond acceptors (Lipinski definition) is 1. The van der Waals surface area contributed by atoms with Gasteiger partial charge in [0.05, 0.1) is 5.56 Å². The van der Waals surface area contributed by atoms with E-state index in [1.807, 2.05) is 18.2 Å². The highest BCUT2D eigenvalue weighted by atomic mass is 16.4. The molecule has 2 aromatic carbocycles. The summed E-state index contributed by atoms with van der Waals surface area (Å²) in [6.07, 6.45) is 4.83. The number of carbonyl (C=O) groups is 1. The van der Waals surface area contributed by atoms with Crippen molar-refractivity contribution < 1.29 is 9.90 Å². The molecule has 0 aromatic heterocycles. The van der Waals surface area contributed by atoms with Crippen LogP contribution < -0.4 is 0 Å². The van der Waals surface area contributed by atoms with Crippen molar-refractivity contribution in [3.05, 3.63) is 76.9 Å². The van der Waals surface area contributed by atoms with Crippen LogP contribution in [0.5, 0.6) is 0 Å². The average molecular weight is 252 g/mol. The predicted octanol–water partition coefficient (Wildman–Crippen LogP) is 3.95. The van der Waals surface area contributed by atoms with Crippen molar-refractivity contribution in [2.24, 2.45) is 0 Å². The van der Waals surface area contributed by atoms with Crippen LogP contribution >= 0.6 is 0 Å². The van der Waals surface area contributed by atoms with Gasteiger partial charge in [-0.05, 0) is 36.6 Å². The van der Waals surface area contributed by atoms with E-state index in [9.17, 15) is 4.79 Å². The summed E-state index contributed by atoms with van der Waals surface area (Å²) < 4.78 is 0. The molecule has 0 aliphatic carbocycles. The highest BCUT2D eigenvalue weighted by molar-refractivity contribution is 5.87. The zero-order chi connectivity index (χ0) is 13.7. The first-order valence-corrected chi connectivity index (χ1v) is 6.20. The summed E-state index contributed by atoms with van der Waals surface area (Å²) in [5.74, 6) is -0.885. The van der Waals surface area contributed by atoms with Crippen LogP contribution in [0.15, 0.2) is 54.6 Å². The van der Waals surface area contributed by atoms with Crippen LogP contribution in [-0.4, -0.2) is 11.1 Å².